The van der Waals surface area contributed by atoms with E-state index in [0.29, 0.717) is 25.1 Å². The van der Waals surface area contributed by atoms with E-state index in [9.17, 15) is 22.0 Å². The Morgan fingerprint density at radius 2 is 2.17 bits per heavy atom. The monoisotopic (exact) mass is 457 g/mol. The second-order valence-electron chi connectivity index (χ2n) is 6.75. The van der Waals surface area contributed by atoms with Crippen molar-refractivity contribution in [3.05, 3.63) is 30.0 Å². The van der Waals surface area contributed by atoms with Crippen molar-refractivity contribution in [2.24, 2.45) is 0 Å². The van der Waals surface area contributed by atoms with Gasteiger partial charge in [-0.3, -0.25) is 4.79 Å². The van der Waals surface area contributed by atoms with Crippen LogP contribution >= 0.6 is 11.3 Å². The molecule has 4 rings (SSSR count). The molecule has 0 saturated carbocycles. The van der Waals surface area contributed by atoms with Crippen molar-refractivity contribution in [3.8, 4) is 0 Å². The number of nitrogens with zero attached hydrogens (tertiary/aromatic N) is 6. The number of nitrogens with one attached hydrogen (secondary N) is 1. The van der Waals surface area contributed by atoms with E-state index in [2.05, 4.69) is 25.4 Å². The van der Waals surface area contributed by atoms with Gasteiger partial charge in [0.05, 0.1) is 11.9 Å². The molecule has 1 unspecified atom stereocenters. The van der Waals surface area contributed by atoms with Gasteiger partial charge in [-0.15, -0.1) is 0 Å². The number of amides is 1. The first-order chi connectivity index (χ1) is 14.3. The third-order valence-electron chi connectivity index (χ3n) is 4.69. The molecule has 4 heterocycles. The summed E-state index contributed by atoms with van der Waals surface area (Å²) < 4.78 is 55.3. The lowest BCUT2D eigenvalue weighted by Gasteiger charge is -2.31. The van der Waals surface area contributed by atoms with Crippen molar-refractivity contribution in [1.82, 2.24) is 28.9 Å². The first-order valence-corrected chi connectivity index (χ1v) is 11.2. The zero-order chi connectivity index (χ0) is 21.5. The first-order valence-electron chi connectivity index (χ1n) is 8.98. The molecule has 30 heavy (non-hydrogen) atoms. The zero-order valence-electron chi connectivity index (χ0n) is 15.7. The van der Waals surface area contributed by atoms with Gasteiger partial charge in [0.15, 0.2) is 9.34 Å². The normalized spacial score (nSPS) is 18.2. The van der Waals surface area contributed by atoms with E-state index in [1.165, 1.54) is 34.3 Å². The molecule has 0 aromatic carbocycles. The molecule has 0 aliphatic carbocycles. The van der Waals surface area contributed by atoms with Crippen LogP contribution in [0.2, 0.25) is 0 Å². The molecular weight excluding hydrogens is 440 g/mol. The molecule has 1 fully saturated rings. The molecule has 3 aromatic heterocycles. The lowest BCUT2D eigenvalue weighted by atomic mass is 9.95. The van der Waals surface area contributed by atoms with Gasteiger partial charge in [0, 0.05) is 25.9 Å². The summed E-state index contributed by atoms with van der Waals surface area (Å²) in [6, 6.07) is 1.26. The van der Waals surface area contributed by atoms with Crippen LogP contribution in [0.15, 0.2) is 22.8 Å². The van der Waals surface area contributed by atoms with Gasteiger partial charge in [-0.05, 0) is 18.9 Å². The minimum Gasteiger partial charge on any atom is -0.302 e. The number of halogens is 2. The summed E-state index contributed by atoms with van der Waals surface area (Å²) >= 11 is 0.860. The smallest absolute Gasteiger partial charge is 0.280 e. The molecule has 0 spiro atoms. The molecule has 1 aliphatic rings. The Hall–Kier alpha value is -2.58. The van der Waals surface area contributed by atoms with Crippen LogP contribution in [0.4, 0.5) is 13.9 Å². The van der Waals surface area contributed by atoms with E-state index < -0.39 is 22.1 Å². The average Bonchev–Trinajstić information content (AvgIpc) is 3.36. The standard InChI is InChI=1S/C16H17F2N7O3S2/c1-9(26)22-16-19-6-13(29-16)30(27,28)24-4-2-3-10(7-24)12-5-11(14(17)18)23-15-20-8-21-25(12)15/h5-6,8,10,14H,2-4,7H2,1H3,(H,19,22,26). The summed E-state index contributed by atoms with van der Waals surface area (Å²) in [5, 5.41) is 6.70. The quantitative estimate of drug-likeness (QED) is 0.622. The van der Waals surface area contributed by atoms with Crippen LogP contribution in [0.3, 0.4) is 0 Å². The Kier molecular flexibility index (Phi) is 5.46. The fourth-order valence-corrected chi connectivity index (χ4v) is 6.13. The Labute approximate surface area is 174 Å². The first kappa shape index (κ1) is 20.7. The Morgan fingerprint density at radius 3 is 2.90 bits per heavy atom. The molecule has 0 bridgehead atoms. The van der Waals surface area contributed by atoms with E-state index in [1.54, 1.807) is 0 Å². The largest absolute Gasteiger partial charge is 0.302 e. The highest BCUT2D eigenvalue weighted by Gasteiger charge is 2.34. The van der Waals surface area contributed by atoms with Crippen LogP contribution in [-0.2, 0) is 14.8 Å². The minimum atomic E-state index is -3.86. The van der Waals surface area contributed by atoms with Crippen LogP contribution < -0.4 is 5.32 Å². The van der Waals surface area contributed by atoms with E-state index in [1.807, 2.05) is 0 Å². The second kappa shape index (κ2) is 7.92. The molecule has 160 valence electrons. The predicted octanol–water partition coefficient (Wildman–Crippen LogP) is 2.05. The third-order valence-corrected chi connectivity index (χ3v) is 7.90. The maximum atomic E-state index is 13.3. The summed E-state index contributed by atoms with van der Waals surface area (Å²) in [4.78, 5) is 22.8. The van der Waals surface area contributed by atoms with Crippen LogP contribution in [0, 0.1) is 0 Å². The molecule has 1 atom stereocenters. The highest BCUT2D eigenvalue weighted by Crippen LogP contribution is 2.33. The number of aromatic nitrogens is 5. The maximum absolute atomic E-state index is 13.3. The predicted molar refractivity (Wildman–Crippen MR) is 103 cm³/mol. The third kappa shape index (κ3) is 3.89. The van der Waals surface area contributed by atoms with Gasteiger partial charge in [-0.2, -0.15) is 14.4 Å². The summed E-state index contributed by atoms with van der Waals surface area (Å²) in [6.07, 6.45) is 0.792. The van der Waals surface area contributed by atoms with Gasteiger partial charge in [0.25, 0.3) is 22.2 Å². The zero-order valence-corrected chi connectivity index (χ0v) is 17.3. The molecule has 14 heteroatoms. The van der Waals surface area contributed by atoms with E-state index >= 15 is 0 Å². The number of rotatable bonds is 5. The summed E-state index contributed by atoms with van der Waals surface area (Å²) in [5.74, 6) is -0.665. The summed E-state index contributed by atoms with van der Waals surface area (Å²) in [7, 11) is -3.86. The second-order valence-corrected chi connectivity index (χ2v) is 9.94. The van der Waals surface area contributed by atoms with Crippen LogP contribution in [0.5, 0.6) is 0 Å². The molecule has 1 N–H and O–H groups in total. The number of piperidine rings is 1. The van der Waals surface area contributed by atoms with Gasteiger partial charge < -0.3 is 5.32 Å². The van der Waals surface area contributed by atoms with E-state index in [4.69, 9.17) is 0 Å². The topological polar surface area (TPSA) is 122 Å². The number of alkyl halides is 2. The lowest BCUT2D eigenvalue weighted by molar-refractivity contribution is -0.114. The van der Waals surface area contributed by atoms with Crippen molar-refractivity contribution in [2.75, 3.05) is 18.4 Å². The number of fused-ring (bicyclic) bond motifs is 1. The minimum absolute atomic E-state index is 0.000741. The van der Waals surface area contributed by atoms with Crippen molar-refractivity contribution in [3.63, 3.8) is 0 Å². The number of sulfonamides is 1. The molecule has 1 aliphatic heterocycles. The van der Waals surface area contributed by atoms with Gasteiger partial charge in [0.2, 0.25) is 5.91 Å². The van der Waals surface area contributed by atoms with Crippen molar-refractivity contribution in [1.29, 1.82) is 0 Å². The van der Waals surface area contributed by atoms with Gasteiger partial charge in [-0.1, -0.05) is 11.3 Å². The molecular formula is C16H17F2N7O3S2. The average molecular weight is 457 g/mol. The van der Waals surface area contributed by atoms with Crippen LogP contribution in [-0.4, -0.2) is 56.3 Å². The Bertz CT molecular complexity index is 1190. The summed E-state index contributed by atoms with van der Waals surface area (Å²) in [6.45, 7) is 1.69. The number of carbonyl (C=O) groups excluding carboxylic acids is 1. The number of anilines is 1. The number of hydrogen-bond donors (Lipinski definition) is 1. The highest BCUT2D eigenvalue weighted by atomic mass is 32.2. The van der Waals surface area contributed by atoms with Gasteiger partial charge >= 0.3 is 0 Å². The number of hydrogen-bond acceptors (Lipinski definition) is 8. The van der Waals surface area contributed by atoms with E-state index in [-0.39, 0.29) is 33.5 Å². The van der Waals surface area contributed by atoms with Crippen LogP contribution in [0.25, 0.3) is 5.78 Å². The molecule has 1 amide bonds. The van der Waals surface area contributed by atoms with E-state index in [0.717, 1.165) is 11.3 Å². The Morgan fingerprint density at radius 1 is 1.37 bits per heavy atom. The van der Waals surface area contributed by atoms with Gasteiger partial charge in [-0.25, -0.2) is 31.7 Å². The SMILES string of the molecule is CC(=O)Nc1ncc(S(=O)(=O)N2CCCC(c3cc(C(F)F)nc4ncnn34)C2)s1. The van der Waals surface area contributed by atoms with Crippen molar-refractivity contribution >= 4 is 38.2 Å². The fraction of sp³-hybridized carbons (Fsp3) is 0.438. The maximum Gasteiger partial charge on any atom is 0.280 e. The molecule has 10 nitrogen and oxygen atoms in total. The molecule has 0 radical (unpaired) electrons. The van der Waals surface area contributed by atoms with Crippen molar-refractivity contribution < 1.29 is 22.0 Å². The molecule has 1 saturated heterocycles. The molecule has 3 aromatic rings. The Balaban J connectivity index is 1.64. The lowest BCUT2D eigenvalue weighted by Crippen LogP contribution is -2.39. The highest BCUT2D eigenvalue weighted by molar-refractivity contribution is 7.91. The fourth-order valence-electron chi connectivity index (χ4n) is 3.37. The van der Waals surface area contributed by atoms with Crippen LogP contribution in [0.1, 0.15) is 43.5 Å². The van der Waals surface area contributed by atoms with Crippen molar-refractivity contribution in [2.45, 2.75) is 36.3 Å². The number of carbonyl (C=O) groups is 1. The summed E-state index contributed by atoms with van der Waals surface area (Å²) in [5.41, 5.74) is 0.0174. The van der Waals surface area contributed by atoms with Gasteiger partial charge in [0.1, 0.15) is 12.0 Å². The number of thiazole rings is 1.